The molecule has 1 aliphatic carbocycles. The molecule has 0 radical (unpaired) electrons. The first-order valence-corrected chi connectivity index (χ1v) is 10.5. The van der Waals surface area contributed by atoms with Gasteiger partial charge in [0.05, 0.1) is 5.69 Å². The van der Waals surface area contributed by atoms with E-state index < -0.39 is 12.1 Å². The van der Waals surface area contributed by atoms with Crippen LogP contribution in [0.1, 0.15) is 25.0 Å². The lowest BCUT2D eigenvalue weighted by Gasteiger charge is -2.33. The second kappa shape index (κ2) is 10.1. The number of nitrogens with zero attached hydrogens (tertiary/aromatic N) is 5. The lowest BCUT2D eigenvalue weighted by atomic mass is 9.74. The second-order valence-corrected chi connectivity index (χ2v) is 8.07. The molecule has 0 amide bonds. The minimum absolute atomic E-state index is 0.719. The molecule has 2 aromatic rings. The quantitative estimate of drug-likeness (QED) is 0.726. The Balaban J connectivity index is 0.000000318. The van der Waals surface area contributed by atoms with Crippen LogP contribution in [0, 0.1) is 17.8 Å². The molecule has 0 unspecified atom stereocenters. The fourth-order valence-electron chi connectivity index (χ4n) is 4.16. The molecule has 2 N–H and O–H groups in total. The zero-order valence-electron chi connectivity index (χ0n) is 16.1. The van der Waals surface area contributed by atoms with Crippen LogP contribution < -0.4 is 5.32 Å². The SMILES string of the molecule is O=C(O)C(F)(F)F.c1cnc(NC[C@@H]2CCC[C@@H]3CN(Cc4csnn4)C[C@@H]32)nc1. The summed E-state index contributed by atoms with van der Waals surface area (Å²) < 4.78 is 35.7. The molecule has 1 saturated heterocycles. The molecule has 1 aliphatic heterocycles. The van der Waals surface area contributed by atoms with E-state index in [1.54, 1.807) is 12.4 Å². The summed E-state index contributed by atoms with van der Waals surface area (Å²) in [4.78, 5) is 20.0. The van der Waals surface area contributed by atoms with Gasteiger partial charge in [-0.1, -0.05) is 10.9 Å². The van der Waals surface area contributed by atoms with Crippen molar-refractivity contribution in [1.29, 1.82) is 0 Å². The summed E-state index contributed by atoms with van der Waals surface area (Å²) >= 11 is 1.44. The van der Waals surface area contributed by atoms with E-state index in [9.17, 15) is 13.2 Å². The molecular formula is C18H23F3N6O2S. The topological polar surface area (TPSA) is 104 Å². The Morgan fingerprint density at radius 1 is 1.27 bits per heavy atom. The maximum Gasteiger partial charge on any atom is 0.490 e. The van der Waals surface area contributed by atoms with E-state index in [0.29, 0.717) is 0 Å². The number of alkyl halides is 3. The van der Waals surface area contributed by atoms with Crippen molar-refractivity contribution in [3.63, 3.8) is 0 Å². The molecule has 2 aromatic heterocycles. The number of halogens is 3. The number of hydrogen-bond acceptors (Lipinski definition) is 8. The lowest BCUT2D eigenvalue weighted by molar-refractivity contribution is -0.192. The first-order valence-electron chi connectivity index (χ1n) is 9.62. The Bertz CT molecular complexity index is 793. The van der Waals surface area contributed by atoms with Crippen LogP contribution in [0.25, 0.3) is 0 Å². The highest BCUT2D eigenvalue weighted by atomic mass is 32.1. The largest absolute Gasteiger partial charge is 0.490 e. The second-order valence-electron chi connectivity index (χ2n) is 7.46. The first kappa shape index (κ1) is 22.3. The number of hydrogen-bond donors (Lipinski definition) is 2. The summed E-state index contributed by atoms with van der Waals surface area (Å²) in [5.74, 6) is 0.326. The van der Waals surface area contributed by atoms with Crippen LogP contribution in [-0.2, 0) is 11.3 Å². The number of likely N-dealkylation sites (tertiary alicyclic amines) is 1. The summed E-state index contributed by atoms with van der Waals surface area (Å²) in [6.07, 6.45) is 2.52. The van der Waals surface area contributed by atoms with E-state index in [0.717, 1.165) is 42.5 Å². The predicted molar refractivity (Wildman–Crippen MR) is 104 cm³/mol. The van der Waals surface area contributed by atoms with Gasteiger partial charge in [-0.3, -0.25) is 4.90 Å². The summed E-state index contributed by atoms with van der Waals surface area (Å²) in [5.41, 5.74) is 1.11. The number of fused-ring (bicyclic) bond motifs is 1. The van der Waals surface area contributed by atoms with Gasteiger partial charge in [0.15, 0.2) is 0 Å². The molecular weight excluding hydrogens is 421 g/mol. The number of nitrogens with one attached hydrogen (secondary N) is 1. The van der Waals surface area contributed by atoms with Gasteiger partial charge in [0, 0.05) is 44.0 Å². The predicted octanol–water partition coefficient (Wildman–Crippen LogP) is 2.92. The van der Waals surface area contributed by atoms with Gasteiger partial charge in [-0.15, -0.1) is 5.10 Å². The number of carboxylic acids is 1. The molecule has 30 heavy (non-hydrogen) atoms. The van der Waals surface area contributed by atoms with Gasteiger partial charge >= 0.3 is 12.1 Å². The molecule has 0 spiro atoms. The number of aromatic nitrogens is 4. The van der Waals surface area contributed by atoms with E-state index in [1.165, 1.54) is 43.9 Å². The average molecular weight is 444 g/mol. The Morgan fingerprint density at radius 2 is 2.00 bits per heavy atom. The molecule has 164 valence electrons. The van der Waals surface area contributed by atoms with Crippen LogP contribution in [-0.4, -0.2) is 61.3 Å². The fourth-order valence-corrected chi connectivity index (χ4v) is 4.60. The van der Waals surface area contributed by atoms with Gasteiger partial charge in [-0.05, 0) is 48.2 Å². The number of rotatable bonds is 5. The van der Waals surface area contributed by atoms with E-state index in [4.69, 9.17) is 9.90 Å². The van der Waals surface area contributed by atoms with Crippen molar-refractivity contribution >= 4 is 23.5 Å². The number of carboxylic acid groups (broad SMARTS) is 1. The smallest absolute Gasteiger partial charge is 0.475 e. The van der Waals surface area contributed by atoms with Crippen molar-refractivity contribution in [2.75, 3.05) is 25.0 Å². The van der Waals surface area contributed by atoms with Crippen LogP contribution >= 0.6 is 11.5 Å². The van der Waals surface area contributed by atoms with Gasteiger partial charge < -0.3 is 10.4 Å². The summed E-state index contributed by atoms with van der Waals surface area (Å²) in [5, 5.41) is 16.8. The Kier molecular flexibility index (Phi) is 7.53. The van der Waals surface area contributed by atoms with Crippen LogP contribution in [0.2, 0.25) is 0 Å². The summed E-state index contributed by atoms with van der Waals surface area (Å²) in [6, 6.07) is 1.85. The zero-order chi connectivity index (χ0) is 21.6. The van der Waals surface area contributed by atoms with Crippen molar-refractivity contribution in [2.24, 2.45) is 17.8 Å². The van der Waals surface area contributed by atoms with E-state index in [-0.39, 0.29) is 0 Å². The van der Waals surface area contributed by atoms with Gasteiger partial charge in [0.1, 0.15) is 0 Å². The molecule has 2 fully saturated rings. The van der Waals surface area contributed by atoms with Crippen LogP contribution in [0.15, 0.2) is 23.8 Å². The molecule has 4 rings (SSSR count). The van der Waals surface area contributed by atoms with Crippen LogP contribution in [0.5, 0.6) is 0 Å². The van der Waals surface area contributed by atoms with E-state index in [1.807, 2.05) is 6.07 Å². The van der Waals surface area contributed by atoms with Crippen molar-refractivity contribution in [1.82, 2.24) is 24.5 Å². The molecule has 1 saturated carbocycles. The summed E-state index contributed by atoms with van der Waals surface area (Å²) in [7, 11) is 0. The average Bonchev–Trinajstić information content (AvgIpc) is 3.36. The molecule has 3 atom stereocenters. The van der Waals surface area contributed by atoms with Gasteiger partial charge in [-0.25, -0.2) is 14.8 Å². The highest BCUT2D eigenvalue weighted by Gasteiger charge is 2.40. The Hall–Kier alpha value is -2.34. The molecule has 8 nitrogen and oxygen atoms in total. The first-order chi connectivity index (χ1) is 14.3. The monoisotopic (exact) mass is 444 g/mol. The molecule has 3 heterocycles. The molecule has 0 bridgehead atoms. The third-order valence-electron chi connectivity index (χ3n) is 5.44. The third kappa shape index (κ3) is 6.33. The normalized spacial score (nSPS) is 23.9. The van der Waals surface area contributed by atoms with E-state index >= 15 is 0 Å². The number of anilines is 1. The number of carbonyl (C=O) groups is 1. The lowest BCUT2D eigenvalue weighted by Crippen LogP contribution is -2.32. The standard InChI is InChI=1S/C16H22N6S.C2HF3O2/c1-3-12(7-19-16-17-5-2-6-18-16)15-10-22(8-13(15)4-1)9-14-11-23-21-20-14;3-2(4,5)1(6)7/h2,5-6,11-13,15H,1,3-4,7-10H2,(H,17,18,19);(H,6,7)/t12-,13+,15+;/m0./s1. The Labute approximate surface area is 175 Å². The molecule has 0 aromatic carbocycles. The molecule has 12 heteroatoms. The maximum atomic E-state index is 10.6. The molecule has 2 aliphatic rings. The fraction of sp³-hybridized carbons (Fsp3) is 0.611. The van der Waals surface area contributed by atoms with Gasteiger partial charge in [0.25, 0.3) is 0 Å². The van der Waals surface area contributed by atoms with Crippen molar-refractivity contribution < 1.29 is 23.1 Å². The Morgan fingerprint density at radius 3 is 2.63 bits per heavy atom. The van der Waals surface area contributed by atoms with Crippen LogP contribution in [0.4, 0.5) is 19.1 Å². The number of aliphatic carboxylic acids is 1. The summed E-state index contributed by atoms with van der Waals surface area (Å²) in [6.45, 7) is 4.33. The zero-order valence-corrected chi connectivity index (χ0v) is 16.9. The van der Waals surface area contributed by atoms with E-state index in [2.05, 4.69) is 35.2 Å². The van der Waals surface area contributed by atoms with Crippen molar-refractivity contribution in [3.8, 4) is 0 Å². The maximum absolute atomic E-state index is 10.6. The van der Waals surface area contributed by atoms with Crippen molar-refractivity contribution in [2.45, 2.75) is 32.0 Å². The van der Waals surface area contributed by atoms with Crippen LogP contribution in [0.3, 0.4) is 0 Å². The highest BCUT2D eigenvalue weighted by molar-refractivity contribution is 7.03. The minimum atomic E-state index is -5.08. The minimum Gasteiger partial charge on any atom is -0.475 e. The highest BCUT2D eigenvalue weighted by Crippen LogP contribution is 2.40. The third-order valence-corrected chi connectivity index (χ3v) is 6.00. The van der Waals surface area contributed by atoms with Gasteiger partial charge in [0.2, 0.25) is 5.95 Å². The van der Waals surface area contributed by atoms with Crippen molar-refractivity contribution in [3.05, 3.63) is 29.5 Å². The van der Waals surface area contributed by atoms with Gasteiger partial charge in [-0.2, -0.15) is 13.2 Å².